The molecule has 0 radical (unpaired) electrons. The van der Waals surface area contributed by atoms with Crippen LogP contribution >= 0.6 is 0 Å². The number of rotatable bonds is 8. The number of carbonyl (C=O) groups is 2. The molecule has 0 heterocycles. The van der Waals surface area contributed by atoms with Crippen molar-refractivity contribution in [1.82, 2.24) is 4.31 Å². The number of carbonyl (C=O) groups excluding carboxylic acids is 2. The number of benzene rings is 2. The van der Waals surface area contributed by atoms with Crippen molar-refractivity contribution < 1.29 is 35.9 Å². The summed E-state index contributed by atoms with van der Waals surface area (Å²) < 4.78 is 59.3. The fourth-order valence-electron chi connectivity index (χ4n) is 2.65. The minimum atomic E-state index is -4.18. The summed E-state index contributed by atoms with van der Waals surface area (Å²) in [6, 6.07) is 7.74. The van der Waals surface area contributed by atoms with E-state index in [9.17, 15) is 26.4 Å². The van der Waals surface area contributed by atoms with Gasteiger partial charge >= 0.3 is 5.97 Å². The molecule has 0 saturated heterocycles. The van der Waals surface area contributed by atoms with Gasteiger partial charge < -0.3 is 14.8 Å². The highest BCUT2D eigenvalue weighted by atomic mass is 32.2. The van der Waals surface area contributed by atoms with E-state index in [0.29, 0.717) is 5.56 Å². The number of primary sulfonamides is 1. The van der Waals surface area contributed by atoms with E-state index in [1.807, 2.05) is 0 Å². The first kappa shape index (κ1) is 26.3. The highest BCUT2D eigenvalue weighted by Gasteiger charge is 2.24. The molecule has 0 aliphatic carbocycles. The Morgan fingerprint density at radius 1 is 1.06 bits per heavy atom. The molecule has 2 rings (SSSR count). The molecule has 13 heteroatoms. The molecule has 180 valence electrons. The van der Waals surface area contributed by atoms with Gasteiger partial charge in [0.05, 0.1) is 17.6 Å². The number of esters is 1. The number of nitrogens with zero attached hydrogens (tertiary/aromatic N) is 1. The third-order valence-electron chi connectivity index (χ3n) is 4.60. The highest BCUT2D eigenvalue weighted by Crippen LogP contribution is 2.25. The van der Waals surface area contributed by atoms with Crippen LogP contribution in [0.4, 0.5) is 5.69 Å². The van der Waals surface area contributed by atoms with Crippen LogP contribution in [0.2, 0.25) is 0 Å². The largest absolute Gasteiger partial charge is 0.495 e. The Kier molecular flexibility index (Phi) is 7.85. The number of ether oxygens (including phenoxy) is 2. The summed E-state index contributed by atoms with van der Waals surface area (Å²) in [4.78, 5) is 24.6. The lowest BCUT2D eigenvalue weighted by Gasteiger charge is -2.17. The van der Waals surface area contributed by atoms with E-state index in [2.05, 4.69) is 5.32 Å². The standard InChI is InChI=1S/C20H25N3O8S2/c1-12-6-8-15(33(28,29)23(3)4)11-16(12)22-19(24)13(2)31-20(25)14-7-9-17(30-5)18(10-14)32(21,26)27/h6-11,13H,1-5H3,(H,22,24)(H2,21,26,27). The molecule has 0 saturated carbocycles. The van der Waals surface area contributed by atoms with Gasteiger partial charge in [-0.15, -0.1) is 0 Å². The van der Waals surface area contributed by atoms with Crippen molar-refractivity contribution in [3.8, 4) is 5.75 Å². The van der Waals surface area contributed by atoms with Crippen molar-refractivity contribution in [3.63, 3.8) is 0 Å². The van der Waals surface area contributed by atoms with Gasteiger partial charge in [0.25, 0.3) is 5.91 Å². The third-order valence-corrected chi connectivity index (χ3v) is 7.35. The number of hydrogen-bond acceptors (Lipinski definition) is 8. The number of nitrogens with two attached hydrogens (primary N) is 1. The molecule has 1 amide bonds. The number of anilines is 1. The second-order valence-corrected chi connectivity index (χ2v) is 10.9. The maximum absolute atomic E-state index is 12.6. The smallest absolute Gasteiger partial charge is 0.338 e. The molecule has 0 aliphatic heterocycles. The lowest BCUT2D eigenvalue weighted by Crippen LogP contribution is -2.30. The van der Waals surface area contributed by atoms with Crippen LogP contribution in [0.3, 0.4) is 0 Å². The zero-order chi connectivity index (χ0) is 25.1. The van der Waals surface area contributed by atoms with Crippen molar-refractivity contribution in [3.05, 3.63) is 47.5 Å². The highest BCUT2D eigenvalue weighted by molar-refractivity contribution is 7.89. The number of nitrogens with one attached hydrogen (secondary N) is 1. The van der Waals surface area contributed by atoms with Gasteiger partial charge in [-0.2, -0.15) is 0 Å². The van der Waals surface area contributed by atoms with E-state index in [1.54, 1.807) is 6.92 Å². The Labute approximate surface area is 192 Å². The topological polar surface area (TPSA) is 162 Å². The van der Waals surface area contributed by atoms with E-state index >= 15 is 0 Å². The van der Waals surface area contributed by atoms with E-state index in [0.717, 1.165) is 10.4 Å². The van der Waals surface area contributed by atoms with Gasteiger partial charge in [-0.05, 0) is 49.7 Å². The van der Waals surface area contributed by atoms with E-state index in [-0.39, 0.29) is 21.9 Å². The first-order valence-corrected chi connectivity index (χ1v) is 12.4. The molecule has 2 aromatic carbocycles. The second kappa shape index (κ2) is 9.87. The van der Waals surface area contributed by atoms with Crippen LogP contribution in [-0.2, 0) is 29.6 Å². The molecule has 1 atom stereocenters. The van der Waals surface area contributed by atoms with Gasteiger partial charge in [0, 0.05) is 19.8 Å². The molecular weight excluding hydrogens is 474 g/mol. The normalized spacial score (nSPS) is 12.8. The molecule has 11 nitrogen and oxygen atoms in total. The maximum atomic E-state index is 12.6. The number of aryl methyl sites for hydroxylation is 1. The first-order chi connectivity index (χ1) is 15.2. The summed E-state index contributed by atoms with van der Waals surface area (Å²) in [6.45, 7) is 2.98. The predicted octanol–water partition coefficient (Wildman–Crippen LogP) is 1.09. The van der Waals surface area contributed by atoms with Gasteiger partial charge in [-0.25, -0.2) is 31.1 Å². The fraction of sp³-hybridized carbons (Fsp3) is 0.300. The van der Waals surface area contributed by atoms with Crippen LogP contribution in [-0.4, -0.2) is 60.3 Å². The van der Waals surface area contributed by atoms with E-state index in [1.165, 1.54) is 58.5 Å². The molecule has 3 N–H and O–H groups in total. The molecule has 0 fully saturated rings. The second-order valence-electron chi connectivity index (χ2n) is 7.21. The predicted molar refractivity (Wildman–Crippen MR) is 120 cm³/mol. The zero-order valence-electron chi connectivity index (χ0n) is 18.6. The average Bonchev–Trinajstić information content (AvgIpc) is 2.73. The summed E-state index contributed by atoms with van der Waals surface area (Å²) in [5, 5.41) is 7.68. The van der Waals surface area contributed by atoms with Crippen molar-refractivity contribution in [1.29, 1.82) is 0 Å². The number of sulfonamides is 2. The van der Waals surface area contributed by atoms with Crippen LogP contribution in [0.15, 0.2) is 46.2 Å². The Bertz CT molecular complexity index is 1290. The number of amides is 1. The molecule has 2 aromatic rings. The van der Waals surface area contributed by atoms with E-state index < -0.39 is 42.9 Å². The number of methoxy groups -OCH3 is 1. The van der Waals surface area contributed by atoms with Gasteiger partial charge in [-0.3, -0.25) is 4.79 Å². The third kappa shape index (κ3) is 6.07. The fourth-order valence-corrected chi connectivity index (χ4v) is 4.30. The molecule has 33 heavy (non-hydrogen) atoms. The summed E-state index contributed by atoms with van der Waals surface area (Å²) in [5.41, 5.74) is 0.661. The first-order valence-electron chi connectivity index (χ1n) is 9.44. The van der Waals surface area contributed by atoms with Crippen LogP contribution < -0.4 is 15.2 Å². The van der Waals surface area contributed by atoms with Crippen molar-refractivity contribution in [2.45, 2.75) is 29.7 Å². The monoisotopic (exact) mass is 499 g/mol. The summed E-state index contributed by atoms with van der Waals surface area (Å²) >= 11 is 0. The van der Waals surface area contributed by atoms with Gasteiger partial charge in [0.1, 0.15) is 10.6 Å². The summed E-state index contributed by atoms with van der Waals surface area (Å²) in [5.74, 6) is -1.74. The molecular formula is C20H25N3O8S2. The summed E-state index contributed by atoms with van der Waals surface area (Å²) in [6.07, 6.45) is -1.29. The van der Waals surface area contributed by atoms with Crippen molar-refractivity contribution >= 4 is 37.6 Å². The van der Waals surface area contributed by atoms with Gasteiger partial charge in [-0.1, -0.05) is 6.07 Å². The Balaban J connectivity index is 2.21. The maximum Gasteiger partial charge on any atom is 0.338 e. The van der Waals surface area contributed by atoms with Crippen LogP contribution in [0.1, 0.15) is 22.8 Å². The molecule has 0 aromatic heterocycles. The minimum absolute atomic E-state index is 0.0215. The van der Waals surface area contributed by atoms with Gasteiger partial charge in [0.2, 0.25) is 20.0 Å². The Hall–Kier alpha value is -3.00. The SMILES string of the molecule is COc1ccc(C(=O)OC(C)C(=O)Nc2cc(S(=O)(=O)N(C)C)ccc2C)cc1S(N)(=O)=O. The lowest BCUT2D eigenvalue weighted by molar-refractivity contribution is -0.123. The molecule has 0 bridgehead atoms. The lowest BCUT2D eigenvalue weighted by atomic mass is 10.2. The molecule has 0 aliphatic rings. The van der Waals surface area contributed by atoms with Crippen LogP contribution in [0, 0.1) is 6.92 Å². The number of hydrogen-bond donors (Lipinski definition) is 2. The van der Waals surface area contributed by atoms with Gasteiger partial charge in [0.15, 0.2) is 6.10 Å². The van der Waals surface area contributed by atoms with E-state index in [4.69, 9.17) is 14.6 Å². The zero-order valence-corrected chi connectivity index (χ0v) is 20.3. The summed E-state index contributed by atoms with van der Waals surface area (Å²) in [7, 11) is -3.89. The average molecular weight is 500 g/mol. The molecule has 0 spiro atoms. The van der Waals surface area contributed by atoms with Crippen molar-refractivity contribution in [2.75, 3.05) is 26.5 Å². The van der Waals surface area contributed by atoms with Crippen LogP contribution in [0.5, 0.6) is 5.75 Å². The Morgan fingerprint density at radius 3 is 2.24 bits per heavy atom. The van der Waals surface area contributed by atoms with Crippen LogP contribution in [0.25, 0.3) is 0 Å². The Morgan fingerprint density at radius 2 is 1.70 bits per heavy atom. The van der Waals surface area contributed by atoms with Crippen molar-refractivity contribution in [2.24, 2.45) is 5.14 Å². The quantitative estimate of drug-likeness (QED) is 0.510. The minimum Gasteiger partial charge on any atom is -0.495 e. The molecule has 1 unspecified atom stereocenters.